The van der Waals surface area contributed by atoms with Crippen molar-refractivity contribution < 1.29 is 0 Å². The molecule has 0 atom stereocenters. The van der Waals surface area contributed by atoms with Gasteiger partial charge >= 0.3 is 0 Å². The Kier molecular flexibility index (Phi) is 5.54. The van der Waals surface area contributed by atoms with Gasteiger partial charge in [-0.2, -0.15) is 5.10 Å². The summed E-state index contributed by atoms with van der Waals surface area (Å²) in [5.74, 6) is 0.818. The summed E-state index contributed by atoms with van der Waals surface area (Å²) in [6.07, 6.45) is 0. The number of aryl methyl sites for hydroxylation is 3. The Morgan fingerprint density at radius 2 is 2.05 bits per heavy atom. The molecule has 0 fully saturated rings. The molecule has 0 unspecified atom stereocenters. The minimum Gasteiger partial charge on any atom is -0.357 e. The molecule has 0 saturated heterocycles. The summed E-state index contributed by atoms with van der Waals surface area (Å²) < 4.78 is 1.90. The highest BCUT2D eigenvalue weighted by molar-refractivity contribution is 7.09. The van der Waals surface area contributed by atoms with E-state index in [1.165, 1.54) is 10.4 Å². The Hall–Kier alpha value is -1.89. The second-order valence-corrected chi connectivity index (χ2v) is 6.12. The Morgan fingerprint density at radius 3 is 2.59 bits per heavy atom. The molecule has 2 rings (SSSR count). The van der Waals surface area contributed by atoms with Crippen molar-refractivity contribution in [1.29, 1.82) is 0 Å². The predicted octanol–water partition coefficient (Wildman–Crippen LogP) is 2.06. The van der Waals surface area contributed by atoms with Crippen LogP contribution in [-0.2, 0) is 20.1 Å². The average molecular weight is 320 g/mol. The molecule has 0 aliphatic carbocycles. The molecule has 0 saturated carbocycles. The average Bonchev–Trinajstić information content (AvgIpc) is 2.99. The van der Waals surface area contributed by atoms with Gasteiger partial charge in [-0.3, -0.25) is 4.68 Å². The quantitative estimate of drug-likeness (QED) is 0.654. The van der Waals surface area contributed by atoms with Crippen molar-refractivity contribution >= 4 is 17.3 Å². The number of thiazole rings is 1. The lowest BCUT2D eigenvalue weighted by Gasteiger charge is -2.11. The molecule has 7 heteroatoms. The van der Waals surface area contributed by atoms with E-state index < -0.39 is 0 Å². The fraction of sp³-hybridized carbons (Fsp3) is 0.533. The van der Waals surface area contributed by atoms with E-state index in [1.807, 2.05) is 31.1 Å². The number of aromatic nitrogens is 3. The normalized spacial score (nSPS) is 11.8. The molecule has 0 aromatic carbocycles. The van der Waals surface area contributed by atoms with Gasteiger partial charge in [0.15, 0.2) is 5.96 Å². The van der Waals surface area contributed by atoms with Crippen molar-refractivity contribution in [1.82, 2.24) is 25.4 Å². The van der Waals surface area contributed by atoms with Crippen molar-refractivity contribution in [3.63, 3.8) is 0 Å². The van der Waals surface area contributed by atoms with E-state index in [-0.39, 0.29) is 0 Å². The molecule has 120 valence electrons. The third-order valence-electron chi connectivity index (χ3n) is 3.66. The first-order chi connectivity index (χ1) is 10.5. The van der Waals surface area contributed by atoms with Gasteiger partial charge in [0.05, 0.1) is 30.0 Å². The third kappa shape index (κ3) is 3.85. The maximum atomic E-state index is 4.67. The number of guanidine groups is 1. The molecule has 0 aliphatic heterocycles. The van der Waals surface area contributed by atoms with Crippen LogP contribution in [0.3, 0.4) is 0 Å². The van der Waals surface area contributed by atoms with Gasteiger partial charge < -0.3 is 10.6 Å². The van der Waals surface area contributed by atoms with E-state index >= 15 is 0 Å². The van der Waals surface area contributed by atoms with E-state index in [2.05, 4.69) is 39.6 Å². The Bertz CT molecular complexity index is 655. The lowest BCUT2D eigenvalue weighted by Crippen LogP contribution is -2.36. The molecule has 2 aromatic heterocycles. The molecule has 0 aliphatic rings. The molecule has 6 nitrogen and oxygen atoms in total. The maximum Gasteiger partial charge on any atom is 0.191 e. The first-order valence-electron chi connectivity index (χ1n) is 7.43. The Labute approximate surface area is 135 Å². The van der Waals surface area contributed by atoms with Gasteiger partial charge in [0.1, 0.15) is 0 Å². The molecule has 2 aromatic rings. The molecule has 22 heavy (non-hydrogen) atoms. The van der Waals surface area contributed by atoms with Gasteiger partial charge in [-0.05, 0) is 27.7 Å². The third-order valence-corrected chi connectivity index (χ3v) is 4.59. The van der Waals surface area contributed by atoms with Crippen LogP contribution in [0, 0.1) is 20.8 Å². The van der Waals surface area contributed by atoms with Gasteiger partial charge in [-0.25, -0.2) is 9.98 Å². The zero-order chi connectivity index (χ0) is 16.1. The highest BCUT2D eigenvalue weighted by Gasteiger charge is 2.09. The molecular formula is C15H24N6S. The molecule has 0 radical (unpaired) electrons. The van der Waals surface area contributed by atoms with Gasteiger partial charge in [-0.1, -0.05) is 0 Å². The topological polar surface area (TPSA) is 67.1 Å². The second-order valence-electron chi connectivity index (χ2n) is 5.18. The zero-order valence-electron chi connectivity index (χ0n) is 13.9. The second kappa shape index (κ2) is 7.40. The molecule has 0 bridgehead atoms. The summed E-state index contributed by atoms with van der Waals surface area (Å²) in [5, 5.41) is 11.1. The predicted molar refractivity (Wildman–Crippen MR) is 91.2 cm³/mol. The summed E-state index contributed by atoms with van der Waals surface area (Å²) in [5.41, 5.74) is 6.34. The highest BCUT2D eigenvalue weighted by atomic mass is 32.1. The van der Waals surface area contributed by atoms with E-state index in [9.17, 15) is 0 Å². The summed E-state index contributed by atoms with van der Waals surface area (Å²) >= 11 is 1.66. The lowest BCUT2D eigenvalue weighted by molar-refractivity contribution is 0.730. The largest absolute Gasteiger partial charge is 0.357 e. The monoisotopic (exact) mass is 320 g/mol. The first kappa shape index (κ1) is 16.5. The number of nitrogens with one attached hydrogen (secondary N) is 2. The van der Waals surface area contributed by atoms with E-state index in [1.54, 1.807) is 11.3 Å². The molecule has 0 amide bonds. The summed E-state index contributed by atoms with van der Waals surface area (Å²) in [4.78, 5) is 10.2. The van der Waals surface area contributed by atoms with Crippen molar-refractivity contribution in [2.45, 2.75) is 40.8 Å². The van der Waals surface area contributed by atoms with Crippen LogP contribution < -0.4 is 10.6 Å². The van der Waals surface area contributed by atoms with Crippen LogP contribution in [0.4, 0.5) is 0 Å². The van der Waals surface area contributed by atoms with Crippen LogP contribution in [0.15, 0.2) is 10.5 Å². The molecule has 2 heterocycles. The van der Waals surface area contributed by atoms with E-state index in [0.717, 1.165) is 36.1 Å². The lowest BCUT2D eigenvalue weighted by atomic mass is 10.2. The zero-order valence-corrected chi connectivity index (χ0v) is 14.7. The maximum absolute atomic E-state index is 4.67. The number of aliphatic imine (C=N–C) groups is 1. The molecular weight excluding hydrogens is 296 g/mol. The SMILES string of the molecule is CCNC(=NCc1c(C)nn(C)c1C)NCc1scnc1C. The van der Waals surface area contributed by atoms with Crippen molar-refractivity contribution in [2.75, 3.05) is 6.54 Å². The van der Waals surface area contributed by atoms with Crippen LogP contribution in [0.5, 0.6) is 0 Å². The smallest absolute Gasteiger partial charge is 0.191 e. The molecule has 0 spiro atoms. The first-order valence-corrected chi connectivity index (χ1v) is 8.31. The van der Waals surface area contributed by atoms with Crippen LogP contribution in [0.25, 0.3) is 0 Å². The van der Waals surface area contributed by atoms with Gasteiger partial charge in [0.2, 0.25) is 0 Å². The van der Waals surface area contributed by atoms with Gasteiger partial charge in [-0.15, -0.1) is 11.3 Å². The minimum absolute atomic E-state index is 0.627. The van der Waals surface area contributed by atoms with Crippen LogP contribution in [0.2, 0.25) is 0 Å². The summed E-state index contributed by atoms with van der Waals surface area (Å²) in [7, 11) is 1.96. The number of hydrogen-bond acceptors (Lipinski definition) is 4. The van der Waals surface area contributed by atoms with Crippen molar-refractivity contribution in [3.05, 3.63) is 33.0 Å². The van der Waals surface area contributed by atoms with Crippen molar-refractivity contribution in [3.8, 4) is 0 Å². The Balaban J connectivity index is 2.05. The summed E-state index contributed by atoms with van der Waals surface area (Å²) in [6, 6.07) is 0. The highest BCUT2D eigenvalue weighted by Crippen LogP contribution is 2.13. The van der Waals surface area contributed by atoms with Gasteiger partial charge in [0.25, 0.3) is 0 Å². The number of hydrogen-bond donors (Lipinski definition) is 2. The van der Waals surface area contributed by atoms with Crippen LogP contribution in [0.1, 0.15) is 34.4 Å². The number of rotatable bonds is 5. The Morgan fingerprint density at radius 1 is 1.27 bits per heavy atom. The van der Waals surface area contributed by atoms with Crippen LogP contribution in [-0.4, -0.2) is 27.3 Å². The fourth-order valence-corrected chi connectivity index (χ4v) is 2.92. The standard InChI is InChI=1S/C15H24N6S/c1-6-16-15(18-8-14-11(3)19-9-22-14)17-7-13-10(2)20-21(5)12(13)4/h9H,6-8H2,1-5H3,(H2,16,17,18). The minimum atomic E-state index is 0.627. The van der Waals surface area contributed by atoms with E-state index in [4.69, 9.17) is 0 Å². The van der Waals surface area contributed by atoms with E-state index in [0.29, 0.717) is 6.54 Å². The van der Waals surface area contributed by atoms with Crippen LogP contribution >= 0.6 is 11.3 Å². The summed E-state index contributed by atoms with van der Waals surface area (Å²) in [6.45, 7) is 10.4. The number of nitrogens with zero attached hydrogens (tertiary/aromatic N) is 4. The fourth-order valence-electron chi connectivity index (χ4n) is 2.21. The molecule has 2 N–H and O–H groups in total. The van der Waals surface area contributed by atoms with Gasteiger partial charge in [0, 0.05) is 29.7 Å². The van der Waals surface area contributed by atoms with Crippen molar-refractivity contribution in [2.24, 2.45) is 12.0 Å².